The minimum absolute atomic E-state index is 0.0109. The number of rotatable bonds is 3. The third-order valence-corrected chi connectivity index (χ3v) is 4.39. The fourth-order valence-electron chi connectivity index (χ4n) is 3.14. The summed E-state index contributed by atoms with van der Waals surface area (Å²) in [5, 5.41) is 20.6. The molecule has 0 aliphatic carbocycles. The Morgan fingerprint density at radius 3 is 2.95 bits per heavy atom. The monoisotopic (exact) mass is 286 g/mol. The maximum Gasteiger partial charge on any atom is 0.134 e. The van der Waals surface area contributed by atoms with Crippen LogP contribution in [0.4, 0.5) is 5.82 Å². The number of nitrogens with zero attached hydrogens (tertiary/aromatic N) is 2. The number of aromatic nitrogens is 1. The lowest BCUT2D eigenvalue weighted by Crippen LogP contribution is -2.40. The Balaban J connectivity index is 1.98. The smallest absolute Gasteiger partial charge is 0.134 e. The number of fused-ring (bicyclic) bond motifs is 1. The van der Waals surface area contributed by atoms with Crippen molar-refractivity contribution < 1.29 is 10.2 Å². The molecule has 0 bridgehead atoms. The van der Waals surface area contributed by atoms with Crippen LogP contribution in [0.25, 0.3) is 10.9 Å². The molecule has 0 amide bonds. The van der Waals surface area contributed by atoms with Crippen molar-refractivity contribution in [3.05, 3.63) is 35.9 Å². The topological polar surface area (TPSA) is 56.6 Å². The summed E-state index contributed by atoms with van der Waals surface area (Å²) < 4.78 is 0. The van der Waals surface area contributed by atoms with Crippen LogP contribution in [0.3, 0.4) is 0 Å². The molecule has 21 heavy (non-hydrogen) atoms. The van der Waals surface area contributed by atoms with Gasteiger partial charge in [0, 0.05) is 30.0 Å². The fourth-order valence-corrected chi connectivity index (χ4v) is 3.14. The lowest BCUT2D eigenvalue weighted by atomic mass is 9.93. The van der Waals surface area contributed by atoms with Crippen LogP contribution < -0.4 is 4.90 Å². The second kappa shape index (κ2) is 6.00. The number of aliphatic hydroxyl groups is 2. The number of para-hydroxylation sites is 1. The molecule has 0 spiro atoms. The Bertz CT molecular complexity index is 627. The molecule has 3 rings (SSSR count). The first-order valence-corrected chi connectivity index (χ1v) is 7.61. The van der Waals surface area contributed by atoms with Gasteiger partial charge in [-0.3, -0.25) is 0 Å². The summed E-state index contributed by atoms with van der Waals surface area (Å²) in [5.74, 6) is 1.14. The number of hydrogen-bond acceptors (Lipinski definition) is 4. The van der Waals surface area contributed by atoms with Crippen LogP contribution in [0, 0.1) is 5.92 Å². The summed E-state index contributed by atoms with van der Waals surface area (Å²) in [6, 6.07) is 9.99. The van der Waals surface area contributed by atoms with Crippen molar-refractivity contribution in [3.63, 3.8) is 0 Å². The molecule has 0 saturated carbocycles. The summed E-state index contributed by atoms with van der Waals surface area (Å²) in [6.07, 6.45) is 1.80. The summed E-state index contributed by atoms with van der Waals surface area (Å²) in [7, 11) is 0. The predicted molar refractivity (Wildman–Crippen MR) is 84.3 cm³/mol. The molecule has 2 unspecified atom stereocenters. The molecule has 2 heterocycles. The van der Waals surface area contributed by atoms with Crippen LogP contribution in [0.1, 0.15) is 25.3 Å². The van der Waals surface area contributed by atoms with E-state index in [1.54, 1.807) is 0 Å². The molecule has 0 radical (unpaired) electrons. The van der Waals surface area contributed by atoms with Crippen LogP contribution in [0.2, 0.25) is 0 Å². The minimum Gasteiger partial charge on any atom is -0.393 e. The fraction of sp³-hybridized carbons (Fsp3) is 0.471. The van der Waals surface area contributed by atoms with Gasteiger partial charge in [-0.05, 0) is 31.9 Å². The number of anilines is 1. The van der Waals surface area contributed by atoms with Crippen LogP contribution in [0.15, 0.2) is 30.3 Å². The molecular formula is C17H22N2O2. The molecule has 1 aromatic heterocycles. The van der Waals surface area contributed by atoms with Gasteiger partial charge < -0.3 is 15.1 Å². The lowest BCUT2D eigenvalue weighted by molar-refractivity contribution is 0.115. The Kier molecular flexibility index (Phi) is 4.08. The lowest BCUT2D eigenvalue weighted by Gasteiger charge is -2.35. The van der Waals surface area contributed by atoms with Crippen molar-refractivity contribution in [2.24, 2.45) is 5.92 Å². The van der Waals surface area contributed by atoms with Gasteiger partial charge in [0.2, 0.25) is 0 Å². The summed E-state index contributed by atoms with van der Waals surface area (Å²) >= 11 is 0. The highest BCUT2D eigenvalue weighted by molar-refractivity contribution is 5.81. The number of benzene rings is 1. The van der Waals surface area contributed by atoms with Gasteiger partial charge in [0.15, 0.2) is 0 Å². The molecule has 2 atom stereocenters. The average Bonchev–Trinajstić information content (AvgIpc) is 2.53. The largest absolute Gasteiger partial charge is 0.393 e. The average molecular weight is 286 g/mol. The van der Waals surface area contributed by atoms with Crippen LogP contribution in [-0.4, -0.2) is 34.4 Å². The molecule has 112 valence electrons. The van der Waals surface area contributed by atoms with E-state index in [0.29, 0.717) is 0 Å². The van der Waals surface area contributed by atoms with Crippen molar-refractivity contribution in [1.29, 1.82) is 0 Å². The van der Waals surface area contributed by atoms with Crippen LogP contribution in [0.5, 0.6) is 0 Å². The molecule has 2 N–H and O–H groups in total. The van der Waals surface area contributed by atoms with E-state index in [9.17, 15) is 10.2 Å². The number of aliphatic hydroxyl groups excluding tert-OH is 2. The third-order valence-electron chi connectivity index (χ3n) is 4.39. The third kappa shape index (κ3) is 2.87. The van der Waals surface area contributed by atoms with Crippen molar-refractivity contribution in [2.45, 2.75) is 32.5 Å². The normalized spacial score (nSPS) is 20.7. The van der Waals surface area contributed by atoms with Gasteiger partial charge in [-0.15, -0.1) is 0 Å². The van der Waals surface area contributed by atoms with E-state index >= 15 is 0 Å². The first-order valence-electron chi connectivity index (χ1n) is 7.61. The minimum atomic E-state index is -0.300. The molecule has 1 fully saturated rings. The van der Waals surface area contributed by atoms with Crippen LogP contribution in [-0.2, 0) is 6.61 Å². The molecule has 1 aliphatic heterocycles. The highest BCUT2D eigenvalue weighted by Gasteiger charge is 2.25. The van der Waals surface area contributed by atoms with Gasteiger partial charge in [0.05, 0.1) is 18.2 Å². The van der Waals surface area contributed by atoms with Gasteiger partial charge in [0.1, 0.15) is 5.82 Å². The Morgan fingerprint density at radius 1 is 1.38 bits per heavy atom. The maximum absolute atomic E-state index is 9.84. The van der Waals surface area contributed by atoms with E-state index in [-0.39, 0.29) is 18.6 Å². The highest BCUT2D eigenvalue weighted by Crippen LogP contribution is 2.28. The van der Waals surface area contributed by atoms with Crippen molar-refractivity contribution in [1.82, 2.24) is 4.98 Å². The van der Waals surface area contributed by atoms with Gasteiger partial charge in [0.25, 0.3) is 0 Å². The molecule has 4 heteroatoms. The Labute approximate surface area is 125 Å². The maximum atomic E-state index is 9.84. The van der Waals surface area contributed by atoms with Gasteiger partial charge in [-0.2, -0.15) is 0 Å². The first-order chi connectivity index (χ1) is 10.2. The predicted octanol–water partition coefficient (Wildman–Crippen LogP) is 2.32. The number of hydrogen-bond donors (Lipinski definition) is 2. The van der Waals surface area contributed by atoms with Gasteiger partial charge in [-0.25, -0.2) is 4.98 Å². The van der Waals surface area contributed by atoms with Crippen molar-refractivity contribution >= 4 is 16.7 Å². The van der Waals surface area contributed by atoms with Crippen LogP contribution >= 0.6 is 0 Å². The number of pyridine rings is 1. The SMILES string of the molecule is CC(O)C1CCCN(c2nc3ccccc3cc2CO)C1. The molecule has 4 nitrogen and oxygen atoms in total. The molecule has 2 aromatic rings. The number of piperidine rings is 1. The zero-order chi connectivity index (χ0) is 14.8. The Morgan fingerprint density at radius 2 is 2.19 bits per heavy atom. The molecule has 1 saturated heterocycles. The second-order valence-electron chi connectivity index (χ2n) is 5.91. The second-order valence-corrected chi connectivity index (χ2v) is 5.91. The summed E-state index contributed by atoms with van der Waals surface area (Å²) in [6.45, 7) is 3.58. The van der Waals surface area contributed by atoms with Crippen molar-refractivity contribution in [2.75, 3.05) is 18.0 Å². The molecule has 1 aliphatic rings. The standard InChI is InChI=1S/C17H22N2O2/c1-12(21)14-6-4-8-19(10-14)17-15(11-20)9-13-5-2-3-7-16(13)18-17/h2-3,5,7,9,12,14,20-21H,4,6,8,10-11H2,1H3. The zero-order valence-corrected chi connectivity index (χ0v) is 12.4. The van der Waals surface area contributed by atoms with E-state index in [1.165, 1.54) is 0 Å². The van der Waals surface area contributed by atoms with Gasteiger partial charge >= 0.3 is 0 Å². The summed E-state index contributed by atoms with van der Waals surface area (Å²) in [4.78, 5) is 6.95. The van der Waals surface area contributed by atoms with Crippen molar-refractivity contribution in [3.8, 4) is 0 Å². The van der Waals surface area contributed by atoms with Gasteiger partial charge in [-0.1, -0.05) is 18.2 Å². The van der Waals surface area contributed by atoms with E-state index in [4.69, 9.17) is 4.98 Å². The molecule has 1 aromatic carbocycles. The van der Waals surface area contributed by atoms with E-state index in [0.717, 1.165) is 48.2 Å². The first kappa shape index (κ1) is 14.3. The Hall–Kier alpha value is -1.65. The van der Waals surface area contributed by atoms with E-state index < -0.39 is 0 Å². The summed E-state index contributed by atoms with van der Waals surface area (Å²) in [5.41, 5.74) is 1.81. The van der Waals surface area contributed by atoms with E-state index in [1.807, 2.05) is 37.3 Å². The van der Waals surface area contributed by atoms with E-state index in [2.05, 4.69) is 4.90 Å². The highest BCUT2D eigenvalue weighted by atomic mass is 16.3. The zero-order valence-electron chi connectivity index (χ0n) is 12.4. The molecular weight excluding hydrogens is 264 g/mol. The quantitative estimate of drug-likeness (QED) is 0.909.